The van der Waals surface area contributed by atoms with Gasteiger partial charge in [-0.3, -0.25) is 19.3 Å². The van der Waals surface area contributed by atoms with Crippen LogP contribution >= 0.6 is 12.4 Å². The highest BCUT2D eigenvalue weighted by molar-refractivity contribution is 6.22. The molecule has 24 heavy (non-hydrogen) atoms. The molecule has 1 unspecified atom stereocenters. The largest absolute Gasteiger partial charge is 0.353 e. The number of aryl methyl sites for hydroxylation is 1. The van der Waals surface area contributed by atoms with E-state index in [1.165, 1.54) is 0 Å². The summed E-state index contributed by atoms with van der Waals surface area (Å²) in [5, 5.41) is 5.92. The van der Waals surface area contributed by atoms with Gasteiger partial charge in [-0.2, -0.15) is 0 Å². The van der Waals surface area contributed by atoms with Crippen molar-refractivity contribution in [2.75, 3.05) is 19.6 Å². The van der Waals surface area contributed by atoms with Crippen LogP contribution in [0.2, 0.25) is 0 Å². The highest BCUT2D eigenvalue weighted by Crippen LogP contribution is 2.25. The van der Waals surface area contributed by atoms with Gasteiger partial charge in [0, 0.05) is 13.1 Å². The van der Waals surface area contributed by atoms with Crippen molar-refractivity contribution in [1.82, 2.24) is 15.5 Å². The predicted octanol–water partition coefficient (Wildman–Crippen LogP) is 1.52. The summed E-state index contributed by atoms with van der Waals surface area (Å²) in [4.78, 5) is 38.1. The van der Waals surface area contributed by atoms with E-state index in [1.807, 2.05) is 6.92 Å². The first kappa shape index (κ1) is 20.1. The van der Waals surface area contributed by atoms with Crippen molar-refractivity contribution in [3.63, 3.8) is 0 Å². The molecule has 0 aliphatic carbocycles. The molecule has 1 aromatic rings. The lowest BCUT2D eigenvalue weighted by Crippen LogP contribution is -2.48. The van der Waals surface area contributed by atoms with E-state index in [2.05, 4.69) is 17.6 Å². The van der Waals surface area contributed by atoms with Gasteiger partial charge in [-0.1, -0.05) is 18.6 Å². The van der Waals surface area contributed by atoms with Gasteiger partial charge in [0.05, 0.1) is 11.1 Å². The maximum absolute atomic E-state index is 12.4. The van der Waals surface area contributed by atoms with Crippen LogP contribution in [0.1, 0.15) is 46.5 Å². The highest BCUT2D eigenvalue weighted by Gasteiger charge is 2.40. The van der Waals surface area contributed by atoms with Crippen molar-refractivity contribution in [2.45, 2.75) is 33.2 Å². The van der Waals surface area contributed by atoms with E-state index in [9.17, 15) is 14.4 Å². The van der Waals surface area contributed by atoms with Crippen molar-refractivity contribution < 1.29 is 14.4 Å². The second-order valence-corrected chi connectivity index (χ2v) is 5.75. The molecule has 0 radical (unpaired) electrons. The molecule has 0 saturated heterocycles. The molecule has 0 spiro atoms. The summed E-state index contributed by atoms with van der Waals surface area (Å²) in [5.41, 5.74) is 1.65. The molecule has 0 fully saturated rings. The maximum Gasteiger partial charge on any atom is 0.262 e. The van der Waals surface area contributed by atoms with E-state index >= 15 is 0 Å². The Morgan fingerprint density at radius 1 is 1.12 bits per heavy atom. The van der Waals surface area contributed by atoms with Gasteiger partial charge in [0.2, 0.25) is 5.91 Å². The molecule has 1 aliphatic rings. The lowest BCUT2D eigenvalue weighted by molar-refractivity contribution is -0.124. The van der Waals surface area contributed by atoms with Gasteiger partial charge in [-0.25, -0.2) is 0 Å². The number of halogens is 1. The zero-order valence-corrected chi connectivity index (χ0v) is 15.0. The summed E-state index contributed by atoms with van der Waals surface area (Å²) < 4.78 is 0. The number of rotatable bonds is 7. The molecule has 3 amide bonds. The fourth-order valence-electron chi connectivity index (χ4n) is 2.57. The van der Waals surface area contributed by atoms with E-state index in [-0.39, 0.29) is 18.3 Å². The third kappa shape index (κ3) is 4.13. The minimum atomic E-state index is -0.825. The lowest BCUT2D eigenvalue weighted by atomic mass is 10.1. The Morgan fingerprint density at radius 3 is 2.46 bits per heavy atom. The molecule has 2 rings (SSSR count). The molecule has 1 atom stereocenters. The summed E-state index contributed by atoms with van der Waals surface area (Å²) in [6.07, 6.45) is 1.03. The minimum Gasteiger partial charge on any atom is -0.353 e. The van der Waals surface area contributed by atoms with Crippen molar-refractivity contribution in [3.05, 3.63) is 34.9 Å². The fourth-order valence-corrected chi connectivity index (χ4v) is 2.57. The summed E-state index contributed by atoms with van der Waals surface area (Å²) in [5.74, 6) is -1.13. The average molecular weight is 354 g/mol. The Bertz CT molecular complexity index is 634. The van der Waals surface area contributed by atoms with E-state index in [4.69, 9.17) is 0 Å². The predicted molar refractivity (Wildman–Crippen MR) is 94.6 cm³/mol. The molecule has 0 aromatic heterocycles. The Morgan fingerprint density at radius 2 is 1.79 bits per heavy atom. The Balaban J connectivity index is 0.00000288. The van der Waals surface area contributed by atoms with E-state index in [0.717, 1.165) is 23.4 Å². The monoisotopic (exact) mass is 353 g/mol. The first-order valence-electron chi connectivity index (χ1n) is 7.94. The van der Waals surface area contributed by atoms with Crippen LogP contribution in [-0.4, -0.2) is 48.3 Å². The standard InChI is InChI=1S/C17H23N3O3.ClH/c1-4-7-18-8-9-19-15(21)12(3)20-16(22)13-6-5-11(2)10-14(13)17(20)23;/h5-6,10,12,18H,4,7-9H2,1-3H3,(H,19,21);1H. The second kappa shape index (κ2) is 8.80. The van der Waals surface area contributed by atoms with Gasteiger partial charge in [0.1, 0.15) is 6.04 Å². The summed E-state index contributed by atoms with van der Waals surface area (Å²) in [6.45, 7) is 7.52. The quantitative estimate of drug-likeness (QED) is 0.575. The molecule has 1 aliphatic heterocycles. The normalized spacial score (nSPS) is 14.2. The van der Waals surface area contributed by atoms with Gasteiger partial charge in [-0.15, -0.1) is 12.4 Å². The van der Waals surface area contributed by atoms with Crippen LogP contribution in [0.25, 0.3) is 0 Å². The van der Waals surface area contributed by atoms with Crippen LogP contribution in [0.15, 0.2) is 18.2 Å². The van der Waals surface area contributed by atoms with Crippen LogP contribution in [0.3, 0.4) is 0 Å². The Hall–Kier alpha value is -1.92. The fraction of sp³-hybridized carbons (Fsp3) is 0.471. The first-order chi connectivity index (χ1) is 11.0. The number of hydrogen-bond donors (Lipinski definition) is 2. The number of fused-ring (bicyclic) bond motifs is 1. The number of nitrogens with zero attached hydrogens (tertiary/aromatic N) is 1. The van der Waals surface area contributed by atoms with Crippen molar-refractivity contribution in [1.29, 1.82) is 0 Å². The number of hydrogen-bond acceptors (Lipinski definition) is 4. The first-order valence-corrected chi connectivity index (χ1v) is 7.94. The molecule has 7 heteroatoms. The summed E-state index contributed by atoms with van der Waals surface area (Å²) in [6, 6.07) is 4.30. The molecule has 132 valence electrons. The zero-order valence-electron chi connectivity index (χ0n) is 14.2. The smallest absolute Gasteiger partial charge is 0.262 e. The van der Waals surface area contributed by atoms with E-state index in [1.54, 1.807) is 25.1 Å². The van der Waals surface area contributed by atoms with E-state index in [0.29, 0.717) is 24.2 Å². The zero-order chi connectivity index (χ0) is 17.0. The van der Waals surface area contributed by atoms with Crippen LogP contribution in [0, 0.1) is 6.92 Å². The van der Waals surface area contributed by atoms with Crippen LogP contribution in [0.4, 0.5) is 0 Å². The number of imide groups is 1. The molecule has 6 nitrogen and oxygen atoms in total. The van der Waals surface area contributed by atoms with Gasteiger partial charge < -0.3 is 10.6 Å². The van der Waals surface area contributed by atoms with Crippen molar-refractivity contribution in [3.8, 4) is 0 Å². The molecule has 2 N–H and O–H groups in total. The van der Waals surface area contributed by atoms with Gasteiger partial charge >= 0.3 is 0 Å². The Labute approximate surface area is 148 Å². The van der Waals surface area contributed by atoms with Crippen molar-refractivity contribution in [2.24, 2.45) is 0 Å². The number of nitrogens with one attached hydrogen (secondary N) is 2. The van der Waals surface area contributed by atoms with Crippen molar-refractivity contribution >= 4 is 30.1 Å². The third-order valence-corrected chi connectivity index (χ3v) is 3.87. The number of carbonyl (C=O) groups is 3. The Kier molecular flexibility index (Phi) is 7.38. The molecule has 0 bridgehead atoms. The van der Waals surface area contributed by atoms with Gasteiger partial charge in [-0.05, 0) is 38.9 Å². The molecule has 0 saturated carbocycles. The molecular formula is C17H24ClN3O3. The lowest BCUT2D eigenvalue weighted by Gasteiger charge is -2.21. The molecule has 1 heterocycles. The summed E-state index contributed by atoms with van der Waals surface area (Å²) >= 11 is 0. The summed E-state index contributed by atoms with van der Waals surface area (Å²) in [7, 11) is 0. The van der Waals surface area contributed by atoms with E-state index < -0.39 is 17.9 Å². The number of amides is 3. The third-order valence-electron chi connectivity index (χ3n) is 3.87. The second-order valence-electron chi connectivity index (χ2n) is 5.75. The topological polar surface area (TPSA) is 78.5 Å². The number of carbonyl (C=O) groups excluding carboxylic acids is 3. The van der Waals surface area contributed by atoms with Crippen LogP contribution in [0.5, 0.6) is 0 Å². The number of benzene rings is 1. The maximum atomic E-state index is 12.4. The molecular weight excluding hydrogens is 330 g/mol. The van der Waals surface area contributed by atoms with Crippen LogP contribution in [-0.2, 0) is 4.79 Å². The van der Waals surface area contributed by atoms with Crippen LogP contribution < -0.4 is 10.6 Å². The SMILES string of the molecule is CCCNCCNC(=O)C(C)N1C(=O)c2ccc(C)cc2C1=O.Cl. The van der Waals surface area contributed by atoms with Gasteiger partial charge in [0.25, 0.3) is 11.8 Å². The van der Waals surface area contributed by atoms with Gasteiger partial charge in [0.15, 0.2) is 0 Å². The highest BCUT2D eigenvalue weighted by atomic mass is 35.5. The molecule has 1 aromatic carbocycles. The average Bonchev–Trinajstić information content (AvgIpc) is 2.77. The minimum absolute atomic E-state index is 0.